The molecule has 0 saturated heterocycles. The fraction of sp³-hybridized carbons (Fsp3) is 0.111. The average molecular weight is 394 g/mol. The smallest absolute Gasteiger partial charge is 0.252 e. The van der Waals surface area contributed by atoms with Crippen molar-refractivity contribution in [3.63, 3.8) is 0 Å². The lowest BCUT2D eigenvalue weighted by atomic mass is 10.1. The summed E-state index contributed by atoms with van der Waals surface area (Å²) in [6, 6.07) is 8.80. The Bertz CT molecular complexity index is 1150. The summed E-state index contributed by atoms with van der Waals surface area (Å²) in [5.41, 5.74) is 1.61. The zero-order valence-corrected chi connectivity index (χ0v) is 15.5. The van der Waals surface area contributed by atoms with Crippen molar-refractivity contribution in [3.8, 4) is 28.5 Å². The molecule has 0 amide bonds. The van der Waals surface area contributed by atoms with Crippen molar-refractivity contribution in [2.75, 3.05) is 7.11 Å². The van der Waals surface area contributed by atoms with Crippen LogP contribution in [0, 0.1) is 0 Å². The van der Waals surface area contributed by atoms with Crippen molar-refractivity contribution < 1.29 is 9.26 Å². The van der Waals surface area contributed by atoms with Crippen LogP contribution in [0.4, 0.5) is 0 Å². The molecule has 0 radical (unpaired) electrons. The SMILES string of the molecule is COc1cccc(-c2cc(=O)[nH]c(SCc3nc(-c4cnccn4)no3)n2)c1. The van der Waals surface area contributed by atoms with Gasteiger partial charge in [0.25, 0.3) is 5.56 Å². The summed E-state index contributed by atoms with van der Waals surface area (Å²) in [4.78, 5) is 31.6. The second-order valence-corrected chi connectivity index (χ2v) is 6.52. The van der Waals surface area contributed by atoms with Gasteiger partial charge in [0, 0.05) is 24.0 Å². The van der Waals surface area contributed by atoms with Gasteiger partial charge in [-0.15, -0.1) is 0 Å². The number of nitrogens with zero attached hydrogens (tertiary/aromatic N) is 5. The number of nitrogens with one attached hydrogen (secondary N) is 1. The van der Waals surface area contributed by atoms with Crippen LogP contribution in [-0.4, -0.2) is 37.2 Å². The minimum absolute atomic E-state index is 0.249. The number of H-pyrrole nitrogens is 1. The Morgan fingerprint density at radius 1 is 1.18 bits per heavy atom. The van der Waals surface area contributed by atoms with Gasteiger partial charge >= 0.3 is 0 Å². The van der Waals surface area contributed by atoms with E-state index in [4.69, 9.17) is 9.26 Å². The van der Waals surface area contributed by atoms with E-state index in [2.05, 4.69) is 30.1 Å². The molecular weight excluding hydrogens is 380 g/mol. The van der Waals surface area contributed by atoms with E-state index in [0.717, 1.165) is 5.56 Å². The molecule has 9 nitrogen and oxygen atoms in total. The van der Waals surface area contributed by atoms with E-state index in [9.17, 15) is 4.79 Å². The van der Waals surface area contributed by atoms with Crippen LogP contribution in [0.25, 0.3) is 22.8 Å². The quantitative estimate of drug-likeness (QED) is 0.388. The molecule has 0 saturated carbocycles. The van der Waals surface area contributed by atoms with Crippen molar-refractivity contribution in [1.29, 1.82) is 0 Å². The van der Waals surface area contributed by atoms with Gasteiger partial charge in [0.05, 0.1) is 24.8 Å². The number of aromatic nitrogens is 6. The van der Waals surface area contributed by atoms with Gasteiger partial charge in [-0.1, -0.05) is 29.1 Å². The molecule has 28 heavy (non-hydrogen) atoms. The van der Waals surface area contributed by atoms with Crippen LogP contribution in [0.3, 0.4) is 0 Å². The number of hydrogen-bond donors (Lipinski definition) is 1. The first kappa shape index (κ1) is 17.9. The van der Waals surface area contributed by atoms with Crippen molar-refractivity contribution in [2.45, 2.75) is 10.9 Å². The second kappa shape index (κ2) is 8.01. The second-order valence-electron chi connectivity index (χ2n) is 5.56. The fourth-order valence-electron chi connectivity index (χ4n) is 2.40. The largest absolute Gasteiger partial charge is 0.497 e. The molecule has 4 rings (SSSR count). The van der Waals surface area contributed by atoms with Crippen LogP contribution in [0.1, 0.15) is 5.89 Å². The molecule has 3 heterocycles. The van der Waals surface area contributed by atoms with Gasteiger partial charge in [0.1, 0.15) is 11.4 Å². The van der Waals surface area contributed by atoms with Crippen LogP contribution in [0.5, 0.6) is 5.75 Å². The zero-order chi connectivity index (χ0) is 19.3. The first-order valence-corrected chi connectivity index (χ1v) is 9.17. The molecule has 0 atom stereocenters. The molecule has 0 fully saturated rings. The highest BCUT2D eigenvalue weighted by Gasteiger charge is 2.12. The predicted molar refractivity (Wildman–Crippen MR) is 102 cm³/mol. The van der Waals surface area contributed by atoms with E-state index in [0.29, 0.717) is 39.8 Å². The van der Waals surface area contributed by atoms with Gasteiger partial charge in [-0.25, -0.2) is 9.97 Å². The Kier molecular flexibility index (Phi) is 5.11. The molecule has 0 bridgehead atoms. The van der Waals surface area contributed by atoms with Crippen LogP contribution >= 0.6 is 11.8 Å². The van der Waals surface area contributed by atoms with E-state index >= 15 is 0 Å². The van der Waals surface area contributed by atoms with Crippen molar-refractivity contribution >= 4 is 11.8 Å². The Balaban J connectivity index is 1.52. The van der Waals surface area contributed by atoms with Gasteiger partial charge < -0.3 is 14.2 Å². The topological polar surface area (TPSA) is 120 Å². The van der Waals surface area contributed by atoms with Crippen LogP contribution in [0.15, 0.2) is 63.4 Å². The molecule has 1 aromatic carbocycles. The summed E-state index contributed by atoms with van der Waals surface area (Å²) < 4.78 is 10.5. The summed E-state index contributed by atoms with van der Waals surface area (Å²) in [6.07, 6.45) is 4.68. The summed E-state index contributed by atoms with van der Waals surface area (Å²) in [6.45, 7) is 0. The third kappa shape index (κ3) is 4.07. The Hall–Kier alpha value is -3.53. The molecule has 10 heteroatoms. The molecule has 0 unspecified atom stereocenters. The van der Waals surface area contributed by atoms with E-state index in [1.165, 1.54) is 17.8 Å². The number of ether oxygens (including phenoxy) is 1. The first-order chi connectivity index (χ1) is 13.7. The molecule has 3 aromatic heterocycles. The van der Waals surface area contributed by atoms with Crippen LogP contribution < -0.4 is 10.3 Å². The Labute approximate surface area is 163 Å². The standard InChI is InChI=1S/C18H14N6O3S/c1-26-12-4-2-3-11(7-12)13-8-15(25)22-18(21-13)28-10-16-23-17(24-27-16)14-9-19-5-6-20-14/h2-9H,10H2,1H3,(H,21,22,25). The van der Waals surface area contributed by atoms with E-state index in [-0.39, 0.29) is 5.56 Å². The molecule has 0 aliphatic rings. The number of rotatable bonds is 6. The normalized spacial score (nSPS) is 10.8. The Morgan fingerprint density at radius 2 is 2.11 bits per heavy atom. The lowest BCUT2D eigenvalue weighted by molar-refractivity contribution is 0.391. The van der Waals surface area contributed by atoms with E-state index in [1.807, 2.05) is 24.3 Å². The van der Waals surface area contributed by atoms with Gasteiger partial charge in [0.2, 0.25) is 11.7 Å². The minimum atomic E-state index is -0.249. The number of hydrogen-bond acceptors (Lipinski definition) is 9. The van der Waals surface area contributed by atoms with Crippen molar-refractivity contribution in [1.82, 2.24) is 30.1 Å². The molecule has 0 aliphatic heterocycles. The molecule has 4 aromatic rings. The third-order valence-electron chi connectivity index (χ3n) is 3.68. The number of aromatic amines is 1. The lowest BCUT2D eigenvalue weighted by Gasteiger charge is -2.05. The van der Waals surface area contributed by atoms with Gasteiger partial charge in [-0.3, -0.25) is 9.78 Å². The lowest BCUT2D eigenvalue weighted by Crippen LogP contribution is -2.08. The van der Waals surface area contributed by atoms with Crippen molar-refractivity contribution in [2.24, 2.45) is 0 Å². The summed E-state index contributed by atoms with van der Waals surface area (Å²) in [7, 11) is 1.59. The molecule has 140 valence electrons. The maximum atomic E-state index is 12.0. The predicted octanol–water partition coefficient (Wildman–Crippen LogP) is 2.58. The maximum Gasteiger partial charge on any atom is 0.252 e. The molecule has 0 spiro atoms. The van der Waals surface area contributed by atoms with Gasteiger partial charge in [-0.05, 0) is 12.1 Å². The minimum Gasteiger partial charge on any atom is -0.497 e. The van der Waals surface area contributed by atoms with Gasteiger partial charge in [-0.2, -0.15) is 4.98 Å². The monoisotopic (exact) mass is 394 g/mol. The number of methoxy groups -OCH3 is 1. The highest BCUT2D eigenvalue weighted by molar-refractivity contribution is 7.98. The summed E-state index contributed by atoms with van der Waals surface area (Å²) in [5, 5.41) is 4.34. The number of benzene rings is 1. The maximum absolute atomic E-state index is 12.0. The Morgan fingerprint density at radius 3 is 2.93 bits per heavy atom. The molecule has 0 aliphatic carbocycles. The molecular formula is C18H14N6O3S. The zero-order valence-electron chi connectivity index (χ0n) is 14.7. The van der Waals surface area contributed by atoms with E-state index < -0.39 is 0 Å². The van der Waals surface area contributed by atoms with E-state index in [1.54, 1.807) is 25.7 Å². The van der Waals surface area contributed by atoms with Crippen LogP contribution in [0.2, 0.25) is 0 Å². The summed E-state index contributed by atoms with van der Waals surface area (Å²) >= 11 is 1.28. The fourth-order valence-corrected chi connectivity index (χ4v) is 3.11. The van der Waals surface area contributed by atoms with Crippen molar-refractivity contribution in [3.05, 3.63) is 65.2 Å². The van der Waals surface area contributed by atoms with Crippen LogP contribution in [-0.2, 0) is 5.75 Å². The van der Waals surface area contributed by atoms with Gasteiger partial charge in [0.15, 0.2) is 5.16 Å². The highest BCUT2D eigenvalue weighted by Crippen LogP contribution is 2.24. The number of thioether (sulfide) groups is 1. The molecule has 1 N–H and O–H groups in total. The third-order valence-corrected chi connectivity index (χ3v) is 4.54. The highest BCUT2D eigenvalue weighted by atomic mass is 32.2. The average Bonchev–Trinajstić information content (AvgIpc) is 3.22. The first-order valence-electron chi connectivity index (χ1n) is 8.19. The summed E-state index contributed by atoms with van der Waals surface area (Å²) in [5.74, 6) is 1.78.